The highest BCUT2D eigenvalue weighted by Gasteiger charge is 2.42. The SMILES string of the molecule is CC(=O)CCNC1=CC(=O)N(C2CCC(=O)NC2=O)C1=O. The number of rotatable bonds is 5. The van der Waals surface area contributed by atoms with E-state index in [1.165, 1.54) is 6.92 Å². The first kappa shape index (κ1) is 14.9. The van der Waals surface area contributed by atoms with Crippen LogP contribution < -0.4 is 10.6 Å². The number of hydrogen-bond acceptors (Lipinski definition) is 6. The van der Waals surface area contributed by atoms with E-state index in [1.807, 2.05) is 0 Å². The number of nitrogens with one attached hydrogen (secondary N) is 2. The van der Waals surface area contributed by atoms with Crippen molar-refractivity contribution in [1.29, 1.82) is 0 Å². The Morgan fingerprint density at radius 3 is 2.71 bits per heavy atom. The zero-order chi connectivity index (χ0) is 15.6. The van der Waals surface area contributed by atoms with E-state index in [1.54, 1.807) is 0 Å². The summed E-state index contributed by atoms with van der Waals surface area (Å²) in [6.07, 6.45) is 1.54. The van der Waals surface area contributed by atoms with E-state index in [2.05, 4.69) is 10.6 Å². The number of carbonyl (C=O) groups is 5. The highest BCUT2D eigenvalue weighted by atomic mass is 16.2. The zero-order valence-electron chi connectivity index (χ0n) is 11.5. The molecule has 8 heteroatoms. The van der Waals surface area contributed by atoms with Crippen LogP contribution in [-0.2, 0) is 24.0 Å². The van der Waals surface area contributed by atoms with Gasteiger partial charge in [0.1, 0.15) is 17.5 Å². The molecule has 0 aliphatic carbocycles. The smallest absolute Gasteiger partial charge is 0.277 e. The van der Waals surface area contributed by atoms with Gasteiger partial charge in [-0.05, 0) is 13.3 Å². The van der Waals surface area contributed by atoms with Crippen LogP contribution in [-0.4, -0.2) is 46.9 Å². The molecule has 8 nitrogen and oxygen atoms in total. The van der Waals surface area contributed by atoms with Crippen LogP contribution in [0.3, 0.4) is 0 Å². The quantitative estimate of drug-likeness (QED) is 0.604. The second-order valence-electron chi connectivity index (χ2n) is 4.92. The van der Waals surface area contributed by atoms with Crippen LogP contribution in [0.1, 0.15) is 26.2 Å². The predicted molar refractivity (Wildman–Crippen MR) is 69.4 cm³/mol. The van der Waals surface area contributed by atoms with E-state index in [4.69, 9.17) is 0 Å². The van der Waals surface area contributed by atoms with Crippen LogP contribution in [0.4, 0.5) is 0 Å². The summed E-state index contributed by atoms with van der Waals surface area (Å²) >= 11 is 0. The minimum absolute atomic E-state index is 0.0399. The Hall–Kier alpha value is -2.51. The summed E-state index contributed by atoms with van der Waals surface area (Å²) in [6, 6.07) is -0.967. The van der Waals surface area contributed by atoms with Gasteiger partial charge >= 0.3 is 0 Å². The van der Waals surface area contributed by atoms with Crippen LogP contribution >= 0.6 is 0 Å². The topological polar surface area (TPSA) is 113 Å². The fraction of sp³-hybridized carbons (Fsp3) is 0.462. The minimum atomic E-state index is -0.967. The first-order valence-electron chi connectivity index (χ1n) is 6.56. The summed E-state index contributed by atoms with van der Waals surface area (Å²) < 4.78 is 0. The third-order valence-electron chi connectivity index (χ3n) is 3.27. The molecule has 1 fully saturated rings. The third kappa shape index (κ3) is 3.15. The Morgan fingerprint density at radius 2 is 2.10 bits per heavy atom. The number of carbonyl (C=O) groups excluding carboxylic acids is 5. The van der Waals surface area contributed by atoms with Crippen molar-refractivity contribution in [1.82, 2.24) is 15.5 Å². The molecule has 0 spiro atoms. The van der Waals surface area contributed by atoms with Gasteiger partial charge < -0.3 is 5.32 Å². The molecule has 2 aliphatic rings. The molecule has 2 heterocycles. The van der Waals surface area contributed by atoms with Gasteiger partial charge in [0.05, 0.1) is 0 Å². The van der Waals surface area contributed by atoms with Gasteiger partial charge in [0, 0.05) is 25.5 Å². The molecule has 0 bridgehead atoms. The summed E-state index contributed by atoms with van der Waals surface area (Å²) in [6.45, 7) is 1.66. The fourth-order valence-electron chi connectivity index (χ4n) is 2.21. The lowest BCUT2D eigenvalue weighted by molar-refractivity contribution is -0.149. The van der Waals surface area contributed by atoms with Crippen molar-refractivity contribution in [2.45, 2.75) is 32.2 Å². The van der Waals surface area contributed by atoms with Gasteiger partial charge in [0.25, 0.3) is 11.8 Å². The lowest BCUT2D eigenvalue weighted by Gasteiger charge is -2.28. The van der Waals surface area contributed by atoms with Crippen molar-refractivity contribution in [2.75, 3.05) is 6.54 Å². The van der Waals surface area contributed by atoms with Gasteiger partial charge in [-0.3, -0.25) is 34.2 Å². The van der Waals surface area contributed by atoms with E-state index in [0.717, 1.165) is 11.0 Å². The predicted octanol–water partition coefficient (Wildman–Crippen LogP) is -1.39. The maximum Gasteiger partial charge on any atom is 0.277 e. The average molecular weight is 293 g/mol. The maximum absolute atomic E-state index is 12.1. The van der Waals surface area contributed by atoms with Gasteiger partial charge in [-0.1, -0.05) is 0 Å². The second kappa shape index (κ2) is 5.86. The number of imide groups is 2. The zero-order valence-corrected chi connectivity index (χ0v) is 11.5. The molecule has 1 atom stereocenters. The number of piperidine rings is 1. The van der Waals surface area contributed by atoms with E-state index in [-0.39, 0.29) is 37.3 Å². The molecule has 4 amide bonds. The Morgan fingerprint density at radius 1 is 1.38 bits per heavy atom. The first-order chi connectivity index (χ1) is 9.90. The van der Waals surface area contributed by atoms with Crippen molar-refractivity contribution >= 4 is 29.4 Å². The van der Waals surface area contributed by atoms with Gasteiger partial charge in [-0.2, -0.15) is 0 Å². The Kier molecular flexibility index (Phi) is 4.15. The van der Waals surface area contributed by atoms with Gasteiger partial charge in [-0.15, -0.1) is 0 Å². The molecular weight excluding hydrogens is 278 g/mol. The molecule has 0 aromatic rings. The van der Waals surface area contributed by atoms with E-state index in [0.29, 0.717) is 0 Å². The Balaban J connectivity index is 2.02. The summed E-state index contributed by atoms with van der Waals surface area (Å²) in [7, 11) is 0. The number of Topliss-reactive ketones (excluding diaryl/α,β-unsaturated/α-hetero) is 1. The minimum Gasteiger partial charge on any atom is -0.380 e. The van der Waals surface area contributed by atoms with Crippen molar-refractivity contribution < 1.29 is 24.0 Å². The van der Waals surface area contributed by atoms with Crippen molar-refractivity contribution in [2.24, 2.45) is 0 Å². The van der Waals surface area contributed by atoms with E-state index < -0.39 is 29.7 Å². The summed E-state index contributed by atoms with van der Waals surface area (Å²) in [5.74, 6) is -2.31. The monoisotopic (exact) mass is 293 g/mol. The van der Waals surface area contributed by atoms with Gasteiger partial charge in [0.2, 0.25) is 11.8 Å². The normalized spacial score (nSPS) is 22.2. The number of nitrogens with zero attached hydrogens (tertiary/aromatic N) is 1. The number of amides is 4. The molecule has 0 aromatic carbocycles. The van der Waals surface area contributed by atoms with Crippen LogP contribution in [0.25, 0.3) is 0 Å². The second-order valence-corrected chi connectivity index (χ2v) is 4.92. The number of hydrogen-bond donors (Lipinski definition) is 2. The molecule has 0 saturated carbocycles. The standard InChI is InChI=1S/C13H15N3O5/c1-7(17)4-5-14-8-6-11(19)16(13(8)21)9-2-3-10(18)15-12(9)20/h6,9,14H,2-5H2,1H3,(H,15,18,20). The van der Waals surface area contributed by atoms with Crippen LogP contribution in [0.2, 0.25) is 0 Å². The van der Waals surface area contributed by atoms with Crippen molar-refractivity contribution in [3.63, 3.8) is 0 Å². The van der Waals surface area contributed by atoms with E-state index >= 15 is 0 Å². The van der Waals surface area contributed by atoms with E-state index in [9.17, 15) is 24.0 Å². The Labute approximate surface area is 120 Å². The summed E-state index contributed by atoms with van der Waals surface area (Å²) in [4.78, 5) is 58.5. The summed E-state index contributed by atoms with van der Waals surface area (Å²) in [5.41, 5.74) is 0.0611. The fourth-order valence-corrected chi connectivity index (χ4v) is 2.21. The van der Waals surface area contributed by atoms with Crippen molar-refractivity contribution in [3.8, 4) is 0 Å². The van der Waals surface area contributed by atoms with Crippen LogP contribution in [0, 0.1) is 0 Å². The Bertz CT molecular complexity index is 566. The first-order valence-corrected chi connectivity index (χ1v) is 6.56. The summed E-state index contributed by atoms with van der Waals surface area (Å²) in [5, 5.41) is 4.82. The third-order valence-corrected chi connectivity index (χ3v) is 3.27. The lowest BCUT2D eigenvalue weighted by Crippen LogP contribution is -2.54. The molecule has 2 rings (SSSR count). The molecule has 1 unspecified atom stereocenters. The molecule has 0 aromatic heterocycles. The largest absolute Gasteiger partial charge is 0.380 e. The molecule has 2 aliphatic heterocycles. The van der Waals surface area contributed by atoms with Gasteiger partial charge in [-0.25, -0.2) is 0 Å². The van der Waals surface area contributed by atoms with Crippen LogP contribution in [0.5, 0.6) is 0 Å². The number of ketones is 1. The molecule has 2 N–H and O–H groups in total. The molecule has 1 saturated heterocycles. The lowest BCUT2D eigenvalue weighted by atomic mass is 10.0. The van der Waals surface area contributed by atoms with Crippen LogP contribution in [0.15, 0.2) is 11.8 Å². The van der Waals surface area contributed by atoms with Gasteiger partial charge in [0.15, 0.2) is 0 Å². The highest BCUT2D eigenvalue weighted by molar-refractivity contribution is 6.18. The average Bonchev–Trinajstić information content (AvgIpc) is 2.65. The van der Waals surface area contributed by atoms with Crippen molar-refractivity contribution in [3.05, 3.63) is 11.8 Å². The highest BCUT2D eigenvalue weighted by Crippen LogP contribution is 2.19. The molecule has 21 heavy (non-hydrogen) atoms. The maximum atomic E-state index is 12.1. The molecule has 112 valence electrons. The molecular formula is C13H15N3O5. The molecule has 0 radical (unpaired) electrons.